The lowest BCUT2D eigenvalue weighted by Crippen LogP contribution is -2.28. The smallest absolute Gasteiger partial charge is 0.240 e. The average molecular weight is 362 g/mol. The third-order valence-electron chi connectivity index (χ3n) is 3.44. The molecule has 1 aliphatic heterocycles. The number of hydrogen-bond acceptors (Lipinski definition) is 6. The number of amides is 2. The number of benzene rings is 1. The number of anilines is 1. The fourth-order valence-corrected chi connectivity index (χ4v) is 3.10. The molecule has 8 heteroatoms. The molecule has 0 aliphatic carbocycles. The highest BCUT2D eigenvalue weighted by Crippen LogP contribution is 2.23. The number of rotatable bonds is 7. The molecule has 1 aromatic carbocycles. The molecule has 2 rings (SSSR count). The Bertz CT molecular complexity index is 686. The van der Waals surface area contributed by atoms with Crippen molar-refractivity contribution >= 4 is 40.1 Å². The third-order valence-corrected chi connectivity index (χ3v) is 4.52. The minimum atomic E-state index is -0.501. The van der Waals surface area contributed by atoms with Crippen LogP contribution in [0.25, 0.3) is 0 Å². The Kier molecular flexibility index (Phi) is 7.00. The van der Waals surface area contributed by atoms with Crippen molar-refractivity contribution in [2.45, 2.75) is 38.4 Å². The third kappa shape index (κ3) is 5.90. The van der Waals surface area contributed by atoms with Crippen molar-refractivity contribution in [2.75, 3.05) is 12.4 Å². The summed E-state index contributed by atoms with van der Waals surface area (Å²) in [6.45, 7) is 3.96. The maximum atomic E-state index is 12.1. The maximum Gasteiger partial charge on any atom is 0.240 e. The van der Waals surface area contributed by atoms with Gasteiger partial charge in [0.1, 0.15) is 11.0 Å². The molecular weight excluding hydrogens is 340 g/mol. The predicted molar refractivity (Wildman–Crippen MR) is 101 cm³/mol. The number of thioether (sulfide) groups is 1. The van der Waals surface area contributed by atoms with Gasteiger partial charge < -0.3 is 15.4 Å². The first-order valence-corrected chi connectivity index (χ1v) is 8.92. The van der Waals surface area contributed by atoms with E-state index in [4.69, 9.17) is 4.74 Å². The Labute approximate surface area is 151 Å². The van der Waals surface area contributed by atoms with Gasteiger partial charge in [0.2, 0.25) is 11.8 Å². The van der Waals surface area contributed by atoms with Gasteiger partial charge in [-0.25, -0.2) is 0 Å². The summed E-state index contributed by atoms with van der Waals surface area (Å²) >= 11 is 1.23. The molecule has 1 fully saturated rings. The van der Waals surface area contributed by atoms with Crippen LogP contribution in [-0.2, 0) is 9.59 Å². The molecule has 2 amide bonds. The Morgan fingerprint density at radius 1 is 1.36 bits per heavy atom. The van der Waals surface area contributed by atoms with Crippen molar-refractivity contribution < 1.29 is 14.3 Å². The predicted octanol–water partition coefficient (Wildman–Crippen LogP) is 2.79. The van der Waals surface area contributed by atoms with E-state index in [9.17, 15) is 9.59 Å². The van der Waals surface area contributed by atoms with Crippen LogP contribution in [-0.4, -0.2) is 35.1 Å². The van der Waals surface area contributed by atoms with Crippen molar-refractivity contribution in [2.24, 2.45) is 10.2 Å². The zero-order chi connectivity index (χ0) is 18.2. The lowest BCUT2D eigenvalue weighted by atomic mass is 10.2. The molecule has 1 atom stereocenters. The molecule has 25 heavy (non-hydrogen) atoms. The molecular formula is C17H22N4O3S. The molecule has 0 saturated carbocycles. The molecule has 1 heterocycles. The summed E-state index contributed by atoms with van der Waals surface area (Å²) in [5, 5.41) is 13.5. The standard InChI is InChI=1S/C17H22N4O3S/c1-4-5-11(2)20-21-17-19-16(23)14(25-17)10-15(22)18-12-6-8-13(24-3)9-7-12/h6-9,14H,4-5,10H2,1-3H3,(H,18,22)(H,19,21,23). The van der Waals surface area contributed by atoms with Crippen LogP contribution in [0.1, 0.15) is 33.1 Å². The molecule has 1 unspecified atom stereocenters. The second kappa shape index (κ2) is 9.22. The number of ether oxygens (including phenoxy) is 1. The lowest BCUT2D eigenvalue weighted by Gasteiger charge is -2.08. The van der Waals surface area contributed by atoms with Gasteiger partial charge in [-0.05, 0) is 37.6 Å². The van der Waals surface area contributed by atoms with E-state index in [0.717, 1.165) is 18.6 Å². The Morgan fingerprint density at radius 2 is 2.08 bits per heavy atom. The maximum absolute atomic E-state index is 12.1. The summed E-state index contributed by atoms with van der Waals surface area (Å²) in [5.41, 5.74) is 1.56. The first kappa shape index (κ1) is 19.0. The van der Waals surface area contributed by atoms with Crippen LogP contribution < -0.4 is 15.4 Å². The summed E-state index contributed by atoms with van der Waals surface area (Å²) in [5.74, 6) is 0.255. The largest absolute Gasteiger partial charge is 0.497 e. The number of hydrogen-bond donors (Lipinski definition) is 2. The fourth-order valence-electron chi connectivity index (χ4n) is 2.18. The van der Waals surface area contributed by atoms with Crippen LogP contribution >= 0.6 is 11.8 Å². The van der Waals surface area contributed by atoms with Gasteiger partial charge in [0.05, 0.1) is 7.11 Å². The van der Waals surface area contributed by atoms with Gasteiger partial charge in [0.15, 0.2) is 5.17 Å². The number of carbonyl (C=O) groups is 2. The van der Waals surface area contributed by atoms with Crippen LogP contribution in [0.3, 0.4) is 0 Å². The molecule has 7 nitrogen and oxygen atoms in total. The van der Waals surface area contributed by atoms with Gasteiger partial charge in [-0.1, -0.05) is 25.1 Å². The zero-order valence-corrected chi connectivity index (χ0v) is 15.4. The summed E-state index contributed by atoms with van der Waals surface area (Å²) < 4.78 is 5.07. The zero-order valence-electron chi connectivity index (χ0n) is 14.5. The van der Waals surface area contributed by atoms with E-state index < -0.39 is 5.25 Å². The number of carbonyl (C=O) groups excluding carboxylic acids is 2. The lowest BCUT2D eigenvalue weighted by molar-refractivity contribution is -0.122. The molecule has 134 valence electrons. The molecule has 0 spiro atoms. The molecule has 0 radical (unpaired) electrons. The van der Waals surface area contributed by atoms with Crippen LogP contribution in [0, 0.1) is 0 Å². The monoisotopic (exact) mass is 362 g/mol. The first-order valence-electron chi connectivity index (χ1n) is 8.04. The van der Waals surface area contributed by atoms with E-state index in [1.54, 1.807) is 31.4 Å². The number of methoxy groups -OCH3 is 1. The Balaban J connectivity index is 1.89. The first-order chi connectivity index (χ1) is 12.0. The minimum absolute atomic E-state index is 0.0687. The van der Waals surface area contributed by atoms with E-state index >= 15 is 0 Å². The SMILES string of the molecule is CCCC(C)=NN=C1NC(=O)C(CC(=O)Nc2ccc(OC)cc2)S1. The molecule has 0 bridgehead atoms. The van der Waals surface area contributed by atoms with Crippen LogP contribution in [0.4, 0.5) is 5.69 Å². The quantitative estimate of drug-likeness (QED) is 0.576. The van der Waals surface area contributed by atoms with E-state index in [-0.39, 0.29) is 18.2 Å². The molecule has 1 aromatic rings. The second-order valence-corrected chi connectivity index (χ2v) is 6.76. The highest BCUT2D eigenvalue weighted by molar-refractivity contribution is 8.15. The van der Waals surface area contributed by atoms with Crippen molar-refractivity contribution in [3.05, 3.63) is 24.3 Å². The highest BCUT2D eigenvalue weighted by Gasteiger charge is 2.32. The van der Waals surface area contributed by atoms with Gasteiger partial charge in [0, 0.05) is 17.8 Å². The Morgan fingerprint density at radius 3 is 2.72 bits per heavy atom. The van der Waals surface area contributed by atoms with Crippen LogP contribution in [0.15, 0.2) is 34.5 Å². The molecule has 1 aliphatic rings. The van der Waals surface area contributed by atoms with Gasteiger partial charge in [-0.15, -0.1) is 5.10 Å². The summed E-state index contributed by atoms with van der Waals surface area (Å²) in [4.78, 5) is 24.1. The molecule has 1 saturated heterocycles. The van der Waals surface area contributed by atoms with E-state index in [0.29, 0.717) is 16.6 Å². The van der Waals surface area contributed by atoms with Gasteiger partial charge >= 0.3 is 0 Å². The van der Waals surface area contributed by atoms with Gasteiger partial charge in [0.25, 0.3) is 0 Å². The number of amidine groups is 1. The van der Waals surface area contributed by atoms with E-state index in [1.807, 2.05) is 6.92 Å². The molecule has 2 N–H and O–H groups in total. The van der Waals surface area contributed by atoms with Gasteiger partial charge in [-0.3, -0.25) is 9.59 Å². The van der Waals surface area contributed by atoms with E-state index in [1.165, 1.54) is 11.8 Å². The van der Waals surface area contributed by atoms with Gasteiger partial charge in [-0.2, -0.15) is 5.10 Å². The van der Waals surface area contributed by atoms with Crippen LogP contribution in [0.5, 0.6) is 5.75 Å². The second-order valence-electron chi connectivity index (χ2n) is 5.57. The van der Waals surface area contributed by atoms with Crippen LogP contribution in [0.2, 0.25) is 0 Å². The summed E-state index contributed by atoms with van der Waals surface area (Å²) in [6.07, 6.45) is 1.93. The van der Waals surface area contributed by atoms with E-state index in [2.05, 4.69) is 27.8 Å². The normalized spacial score (nSPS) is 19.0. The summed E-state index contributed by atoms with van der Waals surface area (Å²) in [7, 11) is 1.58. The average Bonchev–Trinajstić information content (AvgIpc) is 2.93. The highest BCUT2D eigenvalue weighted by atomic mass is 32.2. The van der Waals surface area contributed by atoms with Crippen molar-refractivity contribution in [3.63, 3.8) is 0 Å². The fraction of sp³-hybridized carbons (Fsp3) is 0.412. The minimum Gasteiger partial charge on any atom is -0.497 e. The molecule has 0 aromatic heterocycles. The summed E-state index contributed by atoms with van der Waals surface area (Å²) in [6, 6.07) is 7.01. The number of nitrogens with one attached hydrogen (secondary N) is 2. The van der Waals surface area contributed by atoms with Crippen molar-refractivity contribution in [3.8, 4) is 5.75 Å². The Hall–Kier alpha value is -2.35. The number of nitrogens with zero attached hydrogens (tertiary/aromatic N) is 2. The van der Waals surface area contributed by atoms with Crippen molar-refractivity contribution in [1.29, 1.82) is 0 Å². The van der Waals surface area contributed by atoms with Crippen molar-refractivity contribution in [1.82, 2.24) is 5.32 Å². The topological polar surface area (TPSA) is 92.2 Å².